The molecule has 0 aliphatic carbocycles. The largest absolute Gasteiger partial charge is 0.356 e. The van der Waals surface area contributed by atoms with Crippen LogP contribution in [0.25, 0.3) is 0 Å². The number of amides is 1. The van der Waals surface area contributed by atoms with E-state index in [2.05, 4.69) is 15.3 Å². The first-order chi connectivity index (χ1) is 15.0. The van der Waals surface area contributed by atoms with Crippen molar-refractivity contribution in [1.82, 2.24) is 9.97 Å². The lowest BCUT2D eigenvalue weighted by Gasteiger charge is -2.24. The molecule has 176 valence electrons. The van der Waals surface area contributed by atoms with E-state index < -0.39 is 26.9 Å². The third-order valence-corrected chi connectivity index (χ3v) is 5.87. The van der Waals surface area contributed by atoms with Gasteiger partial charge in [-0.2, -0.15) is 0 Å². The quantitative estimate of drug-likeness (QED) is 0.670. The minimum Gasteiger partial charge on any atom is -0.356 e. The van der Waals surface area contributed by atoms with Crippen molar-refractivity contribution in [3.8, 4) is 0 Å². The first-order valence-corrected chi connectivity index (χ1v) is 12.0. The molecular formula is C20H26ClF2N5O3S. The third kappa shape index (κ3) is 6.57. The Morgan fingerprint density at radius 1 is 1.25 bits per heavy atom. The Morgan fingerprint density at radius 3 is 2.59 bits per heavy atom. The number of hydrogen-bond donors (Lipinski definition) is 2. The van der Waals surface area contributed by atoms with Crippen LogP contribution >= 0.6 is 11.6 Å². The zero-order chi connectivity index (χ0) is 24.1. The molecule has 0 bridgehead atoms. The number of carbonyl (C=O) groups is 1. The number of primary sulfonamides is 1. The number of pyridine rings is 2. The van der Waals surface area contributed by atoms with E-state index in [-0.39, 0.29) is 47.9 Å². The average molecular weight is 490 g/mol. The molecule has 0 saturated carbocycles. The molecule has 0 aromatic carbocycles. The van der Waals surface area contributed by atoms with Crippen LogP contribution in [0.3, 0.4) is 0 Å². The van der Waals surface area contributed by atoms with Crippen molar-refractivity contribution < 1.29 is 22.0 Å². The van der Waals surface area contributed by atoms with Gasteiger partial charge in [-0.25, -0.2) is 32.3 Å². The number of aryl methyl sites for hydroxylation is 1. The van der Waals surface area contributed by atoms with E-state index >= 15 is 0 Å². The lowest BCUT2D eigenvalue weighted by atomic mass is 10.1. The standard InChI is InChI=1S/C18H20ClF2N5O3S.C2H6/c1-11-14(19)10-13(16(24-11)26-7-2-4-18(20,21)5-8-26)17(27)25-12-3-6-23-15(9-12)30(22,28)29;1-2/h3,6,9-10H,2,4-5,7-8H2,1H3,(H2,22,28,29)(H,23,25,27);1-2H3. The summed E-state index contributed by atoms with van der Waals surface area (Å²) in [7, 11) is -4.05. The molecule has 3 N–H and O–H groups in total. The van der Waals surface area contributed by atoms with Crippen LogP contribution in [-0.4, -0.2) is 43.3 Å². The first-order valence-electron chi connectivity index (χ1n) is 10.1. The van der Waals surface area contributed by atoms with Crippen molar-refractivity contribution in [2.75, 3.05) is 23.3 Å². The molecular weight excluding hydrogens is 464 g/mol. The summed E-state index contributed by atoms with van der Waals surface area (Å²) in [5.41, 5.74) is 0.688. The molecule has 8 nitrogen and oxygen atoms in total. The molecule has 3 heterocycles. The van der Waals surface area contributed by atoms with Gasteiger partial charge in [0.25, 0.3) is 15.9 Å². The van der Waals surface area contributed by atoms with E-state index in [0.717, 1.165) is 6.07 Å². The summed E-state index contributed by atoms with van der Waals surface area (Å²) >= 11 is 6.15. The lowest BCUT2D eigenvalue weighted by Crippen LogP contribution is -2.29. The number of nitrogens with one attached hydrogen (secondary N) is 1. The van der Waals surface area contributed by atoms with Gasteiger partial charge in [0.05, 0.1) is 16.3 Å². The highest BCUT2D eigenvalue weighted by atomic mass is 35.5. The maximum absolute atomic E-state index is 13.8. The number of nitrogens with zero attached hydrogens (tertiary/aromatic N) is 3. The zero-order valence-electron chi connectivity index (χ0n) is 18.0. The van der Waals surface area contributed by atoms with Gasteiger partial charge in [-0.1, -0.05) is 25.4 Å². The van der Waals surface area contributed by atoms with E-state index in [1.54, 1.807) is 11.8 Å². The summed E-state index contributed by atoms with van der Waals surface area (Å²) in [5, 5.41) is 7.45. The smallest absolute Gasteiger partial charge is 0.259 e. The number of anilines is 2. The van der Waals surface area contributed by atoms with Crippen LogP contribution < -0.4 is 15.4 Å². The van der Waals surface area contributed by atoms with Gasteiger partial charge in [0, 0.05) is 43.9 Å². The number of sulfonamides is 1. The molecule has 0 spiro atoms. The molecule has 0 atom stereocenters. The molecule has 1 aliphatic rings. The van der Waals surface area contributed by atoms with Crippen molar-refractivity contribution in [2.45, 2.75) is 51.0 Å². The predicted molar refractivity (Wildman–Crippen MR) is 120 cm³/mol. The maximum atomic E-state index is 13.8. The number of alkyl halides is 2. The highest BCUT2D eigenvalue weighted by Gasteiger charge is 2.33. The number of carbonyl (C=O) groups excluding carboxylic acids is 1. The van der Waals surface area contributed by atoms with Gasteiger partial charge in [-0.15, -0.1) is 0 Å². The molecule has 1 fully saturated rings. The predicted octanol–water partition coefficient (Wildman–Crippen LogP) is 3.99. The van der Waals surface area contributed by atoms with Crippen molar-refractivity contribution in [3.05, 3.63) is 40.7 Å². The molecule has 0 radical (unpaired) electrons. The summed E-state index contributed by atoms with van der Waals surface area (Å²) in [5.74, 6) is -3.14. The Balaban J connectivity index is 0.00000176. The fraction of sp³-hybridized carbons (Fsp3) is 0.450. The van der Waals surface area contributed by atoms with Crippen molar-refractivity contribution >= 4 is 39.0 Å². The molecule has 1 saturated heterocycles. The minimum atomic E-state index is -4.05. The molecule has 3 rings (SSSR count). The molecule has 0 unspecified atom stereocenters. The number of rotatable bonds is 4. The molecule has 2 aromatic heterocycles. The van der Waals surface area contributed by atoms with Crippen LogP contribution in [0.15, 0.2) is 29.4 Å². The maximum Gasteiger partial charge on any atom is 0.259 e. The first kappa shape index (κ1) is 25.9. The third-order valence-electron chi connectivity index (χ3n) is 4.68. The zero-order valence-corrected chi connectivity index (χ0v) is 19.6. The minimum absolute atomic E-state index is 0.0339. The Kier molecular flexibility index (Phi) is 8.49. The van der Waals surface area contributed by atoms with Crippen molar-refractivity contribution in [3.63, 3.8) is 0 Å². The second kappa shape index (κ2) is 10.5. The van der Waals surface area contributed by atoms with E-state index in [1.807, 2.05) is 13.8 Å². The number of aromatic nitrogens is 2. The summed E-state index contributed by atoms with van der Waals surface area (Å²) in [6.45, 7) is 6.00. The van der Waals surface area contributed by atoms with Gasteiger partial charge >= 0.3 is 0 Å². The summed E-state index contributed by atoms with van der Waals surface area (Å²) in [6, 6.07) is 3.92. The Labute approximate surface area is 191 Å². The molecule has 32 heavy (non-hydrogen) atoms. The topological polar surface area (TPSA) is 118 Å². The van der Waals surface area contributed by atoms with E-state index in [1.165, 1.54) is 18.3 Å². The van der Waals surface area contributed by atoms with Crippen LogP contribution in [0, 0.1) is 6.92 Å². The normalized spacial score (nSPS) is 15.9. The number of nitrogens with two attached hydrogens (primary N) is 1. The summed E-state index contributed by atoms with van der Waals surface area (Å²) < 4.78 is 50.5. The van der Waals surface area contributed by atoms with Gasteiger partial charge < -0.3 is 10.2 Å². The Morgan fingerprint density at radius 2 is 1.94 bits per heavy atom. The Bertz CT molecular complexity index is 1080. The molecule has 12 heteroatoms. The van der Waals surface area contributed by atoms with Gasteiger partial charge in [-0.3, -0.25) is 4.79 Å². The van der Waals surface area contributed by atoms with Crippen LogP contribution in [0.1, 0.15) is 49.2 Å². The highest BCUT2D eigenvalue weighted by Crippen LogP contribution is 2.32. The Hall–Kier alpha value is -2.37. The van der Waals surface area contributed by atoms with E-state index in [4.69, 9.17) is 16.7 Å². The highest BCUT2D eigenvalue weighted by molar-refractivity contribution is 7.89. The average Bonchev–Trinajstić information content (AvgIpc) is 2.91. The van der Waals surface area contributed by atoms with Gasteiger partial charge in [0.15, 0.2) is 5.03 Å². The fourth-order valence-electron chi connectivity index (χ4n) is 3.09. The van der Waals surface area contributed by atoms with Gasteiger partial charge in [-0.05, 0) is 25.5 Å². The van der Waals surface area contributed by atoms with Crippen LogP contribution in [0.2, 0.25) is 5.02 Å². The van der Waals surface area contributed by atoms with Gasteiger partial charge in [0.1, 0.15) is 5.82 Å². The molecule has 1 aliphatic heterocycles. The summed E-state index contributed by atoms with van der Waals surface area (Å²) in [6.07, 6.45) is 0.859. The number of halogens is 3. The van der Waals surface area contributed by atoms with Crippen molar-refractivity contribution in [2.24, 2.45) is 5.14 Å². The summed E-state index contributed by atoms with van der Waals surface area (Å²) in [4.78, 5) is 22.6. The second-order valence-electron chi connectivity index (χ2n) is 7.01. The van der Waals surface area contributed by atoms with Crippen LogP contribution in [0.5, 0.6) is 0 Å². The van der Waals surface area contributed by atoms with Crippen molar-refractivity contribution in [1.29, 1.82) is 0 Å². The van der Waals surface area contributed by atoms with E-state index in [9.17, 15) is 22.0 Å². The molecule has 1 amide bonds. The lowest BCUT2D eigenvalue weighted by molar-refractivity contribution is -0.0102. The second-order valence-corrected chi connectivity index (χ2v) is 8.92. The van der Waals surface area contributed by atoms with E-state index in [0.29, 0.717) is 12.2 Å². The van der Waals surface area contributed by atoms with Crippen LogP contribution in [-0.2, 0) is 10.0 Å². The fourth-order valence-corrected chi connectivity index (χ4v) is 3.74. The molecule has 2 aromatic rings. The SMILES string of the molecule is CC.Cc1nc(N2CCCC(F)(F)CC2)c(C(=O)Nc2ccnc(S(N)(=O)=O)c2)cc1Cl. The van der Waals surface area contributed by atoms with Crippen LogP contribution in [0.4, 0.5) is 20.3 Å². The van der Waals surface area contributed by atoms with Gasteiger partial charge in [0.2, 0.25) is 5.92 Å². The number of hydrogen-bond acceptors (Lipinski definition) is 6. The monoisotopic (exact) mass is 489 g/mol.